The molecular formula is C11H6O5. The Bertz CT molecular complexity index is 713. The summed E-state index contributed by atoms with van der Waals surface area (Å²) < 4.78 is 21.4. The van der Waals surface area contributed by atoms with Crippen LogP contribution >= 0.6 is 0 Å². The van der Waals surface area contributed by atoms with Crippen LogP contribution in [0, 0.1) is 0 Å². The molecule has 0 radical (unpaired) electrons. The first-order valence-electron chi connectivity index (χ1n) is 5.29. The van der Waals surface area contributed by atoms with Crippen molar-refractivity contribution in [2.75, 3.05) is 0 Å². The van der Waals surface area contributed by atoms with Gasteiger partial charge in [0.15, 0.2) is 11.2 Å². The van der Waals surface area contributed by atoms with Gasteiger partial charge < -0.3 is 18.0 Å². The third kappa shape index (κ3) is 0.590. The van der Waals surface area contributed by atoms with Gasteiger partial charge in [-0.3, -0.25) is 0 Å². The van der Waals surface area contributed by atoms with Crippen molar-refractivity contribution in [3.8, 4) is 0 Å². The maximum Gasteiger partial charge on any atom is 0.519 e. The number of benzene rings is 1. The highest BCUT2D eigenvalue weighted by Gasteiger charge is 2.46. The molecule has 0 saturated carbocycles. The summed E-state index contributed by atoms with van der Waals surface area (Å²) in [5, 5.41) is 0. The minimum atomic E-state index is -0.669. The zero-order valence-corrected chi connectivity index (χ0v) is 8.11. The van der Waals surface area contributed by atoms with Crippen molar-refractivity contribution in [3.05, 3.63) is 21.7 Å². The lowest BCUT2D eigenvalue weighted by Crippen LogP contribution is -1.95. The number of rotatable bonds is 0. The van der Waals surface area contributed by atoms with E-state index in [0.717, 1.165) is 24.0 Å². The van der Waals surface area contributed by atoms with E-state index in [-0.39, 0.29) is 12.2 Å². The van der Waals surface area contributed by atoms with Crippen molar-refractivity contribution in [2.45, 2.75) is 25.0 Å². The molecular weight excluding hydrogens is 212 g/mol. The highest BCUT2D eigenvalue weighted by atomic mass is 16.6. The lowest BCUT2D eigenvalue weighted by atomic mass is 9.92. The minimum Gasteiger partial charge on any atom is -0.448 e. The van der Waals surface area contributed by atoms with E-state index < -0.39 is 5.82 Å². The normalized spacial score (nSPS) is 27.5. The molecule has 2 aliphatic heterocycles. The minimum absolute atomic E-state index is 0.112. The molecule has 2 atom stereocenters. The number of ether oxygens (including phenoxy) is 1. The van der Waals surface area contributed by atoms with Crippen LogP contribution in [-0.4, -0.2) is 0 Å². The summed E-state index contributed by atoms with van der Waals surface area (Å²) in [5.74, 6) is -0.669. The highest BCUT2D eigenvalue weighted by molar-refractivity contribution is 6.04. The molecule has 5 heterocycles. The summed E-state index contributed by atoms with van der Waals surface area (Å²) >= 11 is 0. The predicted octanol–water partition coefficient (Wildman–Crippen LogP) is 2.48. The van der Waals surface area contributed by atoms with E-state index in [1.165, 1.54) is 0 Å². The molecule has 1 fully saturated rings. The first-order chi connectivity index (χ1) is 7.83. The zero-order chi connectivity index (χ0) is 10.4. The van der Waals surface area contributed by atoms with Crippen LogP contribution in [0.25, 0.3) is 22.3 Å². The van der Waals surface area contributed by atoms with Crippen LogP contribution in [-0.2, 0) is 4.74 Å². The van der Waals surface area contributed by atoms with Crippen LogP contribution < -0.4 is 5.82 Å². The van der Waals surface area contributed by atoms with Crippen molar-refractivity contribution in [1.82, 2.24) is 0 Å². The highest BCUT2D eigenvalue weighted by Crippen LogP contribution is 2.57. The van der Waals surface area contributed by atoms with Crippen molar-refractivity contribution >= 4 is 22.3 Å². The van der Waals surface area contributed by atoms with E-state index in [1.54, 1.807) is 0 Å². The molecule has 1 saturated heterocycles. The fourth-order valence-corrected chi connectivity index (χ4v) is 3.07. The van der Waals surface area contributed by atoms with Crippen molar-refractivity contribution in [3.63, 3.8) is 0 Å². The van der Waals surface area contributed by atoms with Crippen LogP contribution in [0.15, 0.2) is 18.0 Å². The fraction of sp³-hybridized carbons (Fsp3) is 0.364. The van der Waals surface area contributed by atoms with Gasteiger partial charge >= 0.3 is 5.82 Å². The second-order valence-corrected chi connectivity index (χ2v) is 4.39. The summed E-state index contributed by atoms with van der Waals surface area (Å²) in [5.41, 5.74) is 4.30. The molecule has 16 heavy (non-hydrogen) atoms. The molecule has 5 heteroatoms. The molecule has 3 aromatic rings. The summed E-state index contributed by atoms with van der Waals surface area (Å²) in [6.07, 6.45) is 2.25. The van der Waals surface area contributed by atoms with E-state index >= 15 is 0 Å². The third-order valence-electron chi connectivity index (χ3n) is 3.64. The van der Waals surface area contributed by atoms with Gasteiger partial charge in [-0.15, -0.1) is 0 Å². The van der Waals surface area contributed by atoms with Gasteiger partial charge in [-0.2, -0.15) is 0 Å². The molecule has 5 nitrogen and oxygen atoms in total. The molecule has 80 valence electrons. The van der Waals surface area contributed by atoms with Crippen LogP contribution in [0.5, 0.6) is 0 Å². The van der Waals surface area contributed by atoms with Gasteiger partial charge in [-0.05, 0) is 12.8 Å². The predicted molar refractivity (Wildman–Crippen MR) is 51.5 cm³/mol. The monoisotopic (exact) mass is 218 g/mol. The van der Waals surface area contributed by atoms with Gasteiger partial charge in [-0.1, -0.05) is 0 Å². The van der Waals surface area contributed by atoms with Crippen LogP contribution in [0.4, 0.5) is 0 Å². The first-order valence-corrected chi connectivity index (χ1v) is 5.29. The molecule has 0 aromatic carbocycles. The second kappa shape index (κ2) is 2.04. The lowest BCUT2D eigenvalue weighted by molar-refractivity contribution is 0.0712. The van der Waals surface area contributed by atoms with Gasteiger partial charge in [0.1, 0.15) is 0 Å². The topological polar surface area (TPSA) is 65.7 Å². The maximum atomic E-state index is 11.1. The standard InChI is InChI=1S/C11H6O5/c12-11-15-9-7-5-3-1-2-4(13-3)6(5)8(14-7)10(9)16-11/h3-4H,1-2H2/t3-,4?/m1/s1. The van der Waals surface area contributed by atoms with Crippen LogP contribution in [0.2, 0.25) is 0 Å². The van der Waals surface area contributed by atoms with Crippen molar-refractivity contribution in [2.24, 2.45) is 0 Å². The largest absolute Gasteiger partial charge is 0.519 e. The average Bonchev–Trinajstić information content (AvgIpc) is 2.98. The summed E-state index contributed by atoms with van der Waals surface area (Å²) in [4.78, 5) is 11.1. The average molecular weight is 218 g/mol. The van der Waals surface area contributed by atoms with Gasteiger partial charge in [-0.25, -0.2) is 4.79 Å². The van der Waals surface area contributed by atoms with Crippen molar-refractivity contribution < 1.29 is 18.0 Å². The maximum absolute atomic E-state index is 11.1. The van der Waals surface area contributed by atoms with E-state index in [1.807, 2.05) is 0 Å². The quantitative estimate of drug-likeness (QED) is 0.579. The SMILES string of the molecule is O=c1oc2c3oc(c4c3C3CC[C@H]4O3)c2o1. The molecule has 1 unspecified atom stereocenters. The van der Waals surface area contributed by atoms with E-state index in [4.69, 9.17) is 18.0 Å². The summed E-state index contributed by atoms with van der Waals surface area (Å²) in [6.45, 7) is 0. The number of furan rings is 2. The Morgan fingerprint density at radius 2 is 1.38 bits per heavy atom. The Hall–Kier alpha value is -1.75. The Morgan fingerprint density at radius 3 is 1.94 bits per heavy atom. The molecule has 0 amide bonds. The number of hydrogen-bond donors (Lipinski definition) is 0. The Balaban J connectivity index is 2.07. The van der Waals surface area contributed by atoms with Crippen LogP contribution in [0.3, 0.4) is 0 Å². The molecule has 2 aliphatic rings. The molecule has 0 spiro atoms. The van der Waals surface area contributed by atoms with Gasteiger partial charge in [0.2, 0.25) is 11.2 Å². The second-order valence-electron chi connectivity index (χ2n) is 4.39. The van der Waals surface area contributed by atoms with E-state index in [2.05, 4.69) is 0 Å². The van der Waals surface area contributed by atoms with E-state index in [0.29, 0.717) is 22.3 Å². The van der Waals surface area contributed by atoms with Gasteiger partial charge in [0, 0.05) is 11.1 Å². The summed E-state index contributed by atoms with van der Waals surface area (Å²) in [7, 11) is 0. The van der Waals surface area contributed by atoms with Gasteiger partial charge in [0.05, 0.1) is 12.2 Å². The molecule has 0 N–H and O–H groups in total. The molecule has 5 rings (SSSR count). The third-order valence-corrected chi connectivity index (χ3v) is 3.64. The Kier molecular flexibility index (Phi) is 0.956. The Morgan fingerprint density at radius 1 is 0.812 bits per heavy atom. The lowest BCUT2D eigenvalue weighted by Gasteiger charge is -2.05. The molecule has 3 aromatic heterocycles. The number of fused-ring (bicyclic) bond motifs is 12. The van der Waals surface area contributed by atoms with Gasteiger partial charge in [0.25, 0.3) is 0 Å². The first kappa shape index (κ1) is 7.51. The van der Waals surface area contributed by atoms with Crippen molar-refractivity contribution in [1.29, 1.82) is 0 Å². The van der Waals surface area contributed by atoms with Crippen LogP contribution in [0.1, 0.15) is 36.2 Å². The summed E-state index contributed by atoms with van der Waals surface area (Å²) in [6, 6.07) is 0. The smallest absolute Gasteiger partial charge is 0.448 e. The Labute approximate surface area is 87.9 Å². The molecule has 4 bridgehead atoms. The fourth-order valence-electron chi connectivity index (χ4n) is 3.07. The molecule has 0 aliphatic carbocycles. The zero-order valence-electron chi connectivity index (χ0n) is 8.11. The number of hydrogen-bond acceptors (Lipinski definition) is 5. The van der Waals surface area contributed by atoms with E-state index in [9.17, 15) is 4.79 Å².